The predicted molar refractivity (Wildman–Crippen MR) is 94.4 cm³/mol. The van der Waals surface area contributed by atoms with Gasteiger partial charge in [0, 0.05) is 12.1 Å². The maximum atomic E-state index is 12.8. The van der Waals surface area contributed by atoms with Crippen molar-refractivity contribution in [2.24, 2.45) is 16.7 Å². The second-order valence-corrected chi connectivity index (χ2v) is 10.1. The zero-order chi connectivity index (χ0) is 17.2. The third-order valence-corrected chi connectivity index (χ3v) is 8.37. The van der Waals surface area contributed by atoms with Crippen molar-refractivity contribution in [1.82, 2.24) is 0 Å². The molecule has 0 radical (unpaired) electrons. The van der Waals surface area contributed by atoms with Crippen LogP contribution in [0, 0.1) is 16.7 Å². The number of sulfonamides is 1. The van der Waals surface area contributed by atoms with Gasteiger partial charge in [-0.05, 0) is 66.7 Å². The van der Waals surface area contributed by atoms with E-state index < -0.39 is 15.4 Å². The lowest BCUT2D eigenvalue weighted by Gasteiger charge is -2.36. The minimum atomic E-state index is -3.55. The Bertz CT molecular complexity index is 812. The quantitative estimate of drug-likeness (QED) is 0.909. The van der Waals surface area contributed by atoms with Crippen LogP contribution >= 0.6 is 0 Å². The number of anilines is 1. The molecular weight excluding hydrogens is 322 g/mol. The van der Waals surface area contributed by atoms with Crippen LogP contribution in [0.25, 0.3) is 0 Å². The fourth-order valence-corrected chi connectivity index (χ4v) is 7.17. The van der Waals surface area contributed by atoms with Crippen LogP contribution in [0.3, 0.4) is 0 Å². The molecule has 3 aliphatic carbocycles. The molecule has 3 aliphatic rings. The Balaban J connectivity index is 1.59. The van der Waals surface area contributed by atoms with E-state index in [1.165, 1.54) is 11.1 Å². The fourth-order valence-electron chi connectivity index (χ4n) is 5.28. The van der Waals surface area contributed by atoms with Gasteiger partial charge in [-0.3, -0.25) is 9.52 Å². The van der Waals surface area contributed by atoms with Gasteiger partial charge >= 0.3 is 0 Å². The van der Waals surface area contributed by atoms with E-state index in [1.807, 2.05) is 18.2 Å². The normalized spacial score (nSPS) is 30.6. The minimum Gasteiger partial charge on any atom is -0.299 e. The first-order chi connectivity index (χ1) is 11.2. The number of benzene rings is 1. The Morgan fingerprint density at radius 3 is 2.62 bits per heavy atom. The van der Waals surface area contributed by atoms with E-state index in [4.69, 9.17) is 0 Å². The number of rotatable bonds is 4. The Kier molecular flexibility index (Phi) is 3.41. The summed E-state index contributed by atoms with van der Waals surface area (Å²) in [4.78, 5) is 12.6. The summed E-state index contributed by atoms with van der Waals surface area (Å²) in [6, 6.07) is 5.82. The summed E-state index contributed by atoms with van der Waals surface area (Å²) in [5, 5.41) is 0. The smallest absolute Gasteiger partial charge is 0.233 e. The number of hydrogen-bond donors (Lipinski definition) is 1. The molecule has 0 heterocycles. The van der Waals surface area contributed by atoms with Gasteiger partial charge in [0.05, 0.1) is 11.2 Å². The van der Waals surface area contributed by atoms with Gasteiger partial charge in [0.2, 0.25) is 10.0 Å². The van der Waals surface area contributed by atoms with Crippen LogP contribution in [0.5, 0.6) is 0 Å². The maximum Gasteiger partial charge on any atom is 0.233 e. The van der Waals surface area contributed by atoms with E-state index in [-0.39, 0.29) is 17.0 Å². The van der Waals surface area contributed by atoms with Gasteiger partial charge in [-0.25, -0.2) is 8.42 Å². The maximum absolute atomic E-state index is 12.8. The monoisotopic (exact) mass is 347 g/mol. The average Bonchev–Trinajstić information content (AvgIpc) is 3.08. The van der Waals surface area contributed by atoms with Gasteiger partial charge in [-0.1, -0.05) is 19.9 Å². The summed E-state index contributed by atoms with van der Waals surface area (Å²) in [6.45, 7) is 4.14. The fraction of sp³-hybridized carbons (Fsp3) is 0.632. The molecular formula is C19H25NO3S. The molecule has 2 fully saturated rings. The van der Waals surface area contributed by atoms with E-state index in [9.17, 15) is 13.2 Å². The van der Waals surface area contributed by atoms with Gasteiger partial charge in [0.25, 0.3) is 0 Å². The SMILES string of the molecule is CC1(C)[C@H]2CC[C@]1(CS(=O)(=O)Nc1ccc3c(c1)CCC3)C(=O)C2. The van der Waals surface area contributed by atoms with E-state index in [2.05, 4.69) is 18.6 Å². The Morgan fingerprint density at radius 2 is 1.96 bits per heavy atom. The number of nitrogens with one attached hydrogen (secondary N) is 1. The summed E-state index contributed by atoms with van der Waals surface area (Å²) in [6.07, 6.45) is 5.44. The Morgan fingerprint density at radius 1 is 1.21 bits per heavy atom. The highest BCUT2D eigenvalue weighted by Crippen LogP contribution is 2.64. The first kappa shape index (κ1) is 16.1. The number of aryl methyl sites for hydroxylation is 2. The summed E-state index contributed by atoms with van der Waals surface area (Å²) in [7, 11) is -3.55. The van der Waals surface area contributed by atoms with Crippen molar-refractivity contribution >= 4 is 21.5 Å². The summed E-state index contributed by atoms with van der Waals surface area (Å²) in [5.74, 6) is 0.391. The first-order valence-electron chi connectivity index (χ1n) is 8.89. The number of hydrogen-bond acceptors (Lipinski definition) is 3. The first-order valence-corrected chi connectivity index (χ1v) is 10.5. The van der Waals surface area contributed by atoms with Crippen molar-refractivity contribution in [3.05, 3.63) is 29.3 Å². The van der Waals surface area contributed by atoms with Crippen molar-refractivity contribution in [1.29, 1.82) is 0 Å². The van der Waals surface area contributed by atoms with Crippen molar-refractivity contribution in [3.63, 3.8) is 0 Å². The highest BCUT2D eigenvalue weighted by atomic mass is 32.2. The molecule has 0 spiro atoms. The summed E-state index contributed by atoms with van der Waals surface area (Å²) >= 11 is 0. The van der Waals surface area contributed by atoms with E-state index in [0.717, 1.165) is 25.7 Å². The summed E-state index contributed by atoms with van der Waals surface area (Å²) < 4.78 is 28.3. The number of carbonyl (C=O) groups is 1. The number of Topliss-reactive ketones (excluding diaryl/α,β-unsaturated/α-hetero) is 1. The molecule has 1 aromatic carbocycles. The minimum absolute atomic E-state index is 0.0839. The number of fused-ring (bicyclic) bond motifs is 3. The molecule has 0 aliphatic heterocycles. The van der Waals surface area contributed by atoms with E-state index in [0.29, 0.717) is 24.4 Å². The molecule has 2 bridgehead atoms. The van der Waals surface area contributed by atoms with Crippen LogP contribution in [0.15, 0.2) is 18.2 Å². The average molecular weight is 347 g/mol. The van der Waals surface area contributed by atoms with Crippen LogP contribution in [0.1, 0.15) is 50.7 Å². The third kappa shape index (κ3) is 2.24. The second-order valence-electron chi connectivity index (χ2n) is 8.36. The van der Waals surface area contributed by atoms with Crippen LogP contribution in [0.2, 0.25) is 0 Å². The van der Waals surface area contributed by atoms with Gasteiger partial charge < -0.3 is 0 Å². The molecule has 4 rings (SSSR count). The topological polar surface area (TPSA) is 63.2 Å². The standard InChI is InChI=1S/C19H25NO3S/c1-18(2)15-8-9-19(18,17(21)11-15)12-24(22,23)20-16-7-6-13-4-3-5-14(13)10-16/h6-7,10,15,20H,3-5,8-9,11-12H2,1-2H3/t15-,19-/m0/s1. The van der Waals surface area contributed by atoms with Gasteiger partial charge in [-0.15, -0.1) is 0 Å². The zero-order valence-electron chi connectivity index (χ0n) is 14.4. The number of carbonyl (C=O) groups excluding carboxylic acids is 1. The van der Waals surface area contributed by atoms with Gasteiger partial charge in [0.15, 0.2) is 0 Å². The molecule has 0 unspecified atom stereocenters. The molecule has 0 saturated heterocycles. The third-order valence-electron chi connectivity index (χ3n) is 6.95. The molecule has 2 atom stereocenters. The highest BCUT2D eigenvalue weighted by molar-refractivity contribution is 7.92. The molecule has 5 heteroatoms. The molecule has 24 heavy (non-hydrogen) atoms. The highest BCUT2D eigenvalue weighted by Gasteiger charge is 2.65. The number of ketones is 1. The van der Waals surface area contributed by atoms with Crippen LogP contribution in [0.4, 0.5) is 5.69 Å². The zero-order valence-corrected chi connectivity index (χ0v) is 15.2. The lowest BCUT2D eigenvalue weighted by Crippen LogP contribution is -2.43. The predicted octanol–water partition coefficient (Wildman–Crippen LogP) is 3.31. The van der Waals surface area contributed by atoms with Crippen molar-refractivity contribution in [3.8, 4) is 0 Å². The van der Waals surface area contributed by atoms with E-state index in [1.54, 1.807) is 0 Å². The van der Waals surface area contributed by atoms with Crippen molar-refractivity contribution in [2.45, 2.75) is 52.4 Å². The summed E-state index contributed by atoms with van der Waals surface area (Å²) in [5.41, 5.74) is 2.26. The molecule has 4 nitrogen and oxygen atoms in total. The molecule has 2 saturated carbocycles. The largest absolute Gasteiger partial charge is 0.299 e. The lowest BCUT2D eigenvalue weighted by molar-refractivity contribution is -0.128. The molecule has 1 N–H and O–H groups in total. The Hall–Kier alpha value is -1.36. The van der Waals surface area contributed by atoms with Gasteiger partial charge in [0.1, 0.15) is 5.78 Å². The molecule has 0 amide bonds. The van der Waals surface area contributed by atoms with Crippen LogP contribution in [-0.4, -0.2) is 20.0 Å². The Labute approximate surface area is 144 Å². The second kappa shape index (κ2) is 5.07. The molecule has 130 valence electrons. The lowest BCUT2D eigenvalue weighted by atomic mass is 9.70. The van der Waals surface area contributed by atoms with Crippen LogP contribution < -0.4 is 4.72 Å². The molecule has 0 aromatic heterocycles. The molecule has 1 aromatic rings. The van der Waals surface area contributed by atoms with Gasteiger partial charge in [-0.2, -0.15) is 0 Å². The van der Waals surface area contributed by atoms with Crippen molar-refractivity contribution < 1.29 is 13.2 Å². The van der Waals surface area contributed by atoms with Crippen molar-refractivity contribution in [2.75, 3.05) is 10.5 Å². The van der Waals surface area contributed by atoms with Crippen LogP contribution in [-0.2, 0) is 27.7 Å². The van der Waals surface area contributed by atoms with E-state index >= 15 is 0 Å².